The average Bonchev–Trinajstić information content (AvgIpc) is 2.96. The Morgan fingerprint density at radius 3 is 1.98 bits per heavy atom. The number of carbonyl (C=O) groups is 4. The molecule has 0 saturated carbocycles. The highest BCUT2D eigenvalue weighted by molar-refractivity contribution is 6.34. The van der Waals surface area contributed by atoms with Gasteiger partial charge in [-0.15, -0.1) is 0 Å². The first-order chi connectivity index (χ1) is 21.5. The third kappa shape index (κ3) is 12.2. The van der Waals surface area contributed by atoms with E-state index in [9.17, 15) is 19.2 Å². The zero-order valence-electron chi connectivity index (χ0n) is 27.1. The average molecular weight is 668 g/mol. The van der Waals surface area contributed by atoms with Crippen LogP contribution in [0, 0.1) is 32.8 Å². The maximum atomic E-state index is 12.8. The molecule has 0 aliphatic carbocycles. The Morgan fingerprint density at radius 2 is 1.39 bits per heavy atom. The predicted octanol–water partition coefficient (Wildman–Crippen LogP) is 8.20. The van der Waals surface area contributed by atoms with Gasteiger partial charge in [-0.2, -0.15) is 0 Å². The van der Waals surface area contributed by atoms with E-state index in [1.54, 1.807) is 51.1 Å². The van der Waals surface area contributed by atoms with Gasteiger partial charge in [0.1, 0.15) is 11.5 Å². The summed E-state index contributed by atoms with van der Waals surface area (Å²) in [6, 6.07) is 15.9. The quantitative estimate of drug-likeness (QED) is 0.149. The van der Waals surface area contributed by atoms with E-state index in [2.05, 4.69) is 20.8 Å². The fourth-order valence-corrected chi connectivity index (χ4v) is 4.26. The first-order valence-electron chi connectivity index (χ1n) is 14.6. The first kappa shape index (κ1) is 37.8. The maximum Gasteiger partial charge on any atom is 0.304 e. The van der Waals surface area contributed by atoms with Crippen molar-refractivity contribution in [3.63, 3.8) is 0 Å². The van der Waals surface area contributed by atoms with Crippen LogP contribution in [0.25, 0.3) is 4.85 Å². The van der Waals surface area contributed by atoms with Crippen LogP contribution in [-0.4, -0.2) is 36.2 Å². The molecule has 0 aromatic heterocycles. The van der Waals surface area contributed by atoms with Crippen LogP contribution in [0.1, 0.15) is 57.2 Å². The molecule has 3 aromatic rings. The minimum atomic E-state index is -0.686. The summed E-state index contributed by atoms with van der Waals surface area (Å²) in [5, 5.41) is 8.81. The van der Waals surface area contributed by atoms with Crippen LogP contribution in [-0.2, 0) is 19.2 Å². The second kappa shape index (κ2) is 17.3. The lowest BCUT2D eigenvalue weighted by Gasteiger charge is -2.19. The Morgan fingerprint density at radius 1 is 0.826 bits per heavy atom. The van der Waals surface area contributed by atoms with Gasteiger partial charge in [-0.1, -0.05) is 74.7 Å². The lowest BCUT2D eigenvalue weighted by atomic mass is 9.89. The summed E-state index contributed by atoms with van der Waals surface area (Å²) in [6.45, 7) is 19.3. The molecule has 1 unspecified atom stereocenters. The summed E-state index contributed by atoms with van der Waals surface area (Å²) >= 11 is 12.0. The summed E-state index contributed by atoms with van der Waals surface area (Å²) in [5.74, 6) is -0.627. The zero-order chi connectivity index (χ0) is 34.6. The lowest BCUT2D eigenvalue weighted by Crippen LogP contribution is -2.32. The maximum absolute atomic E-state index is 12.8. The zero-order valence-corrected chi connectivity index (χ0v) is 28.7. The van der Waals surface area contributed by atoms with Gasteiger partial charge < -0.3 is 25.5 Å². The molecule has 3 N–H and O–H groups in total. The minimum Gasteiger partial charge on any atom is -0.480 e. The summed E-state index contributed by atoms with van der Waals surface area (Å²) in [4.78, 5) is 51.2. The van der Waals surface area contributed by atoms with Gasteiger partial charge in [0.15, 0.2) is 6.10 Å². The van der Waals surface area contributed by atoms with Crippen molar-refractivity contribution >= 4 is 63.8 Å². The van der Waals surface area contributed by atoms with Crippen LogP contribution in [0.3, 0.4) is 0 Å². The van der Waals surface area contributed by atoms with Crippen molar-refractivity contribution < 1.29 is 23.9 Å². The van der Waals surface area contributed by atoms with Gasteiger partial charge in [0.25, 0.3) is 12.5 Å². The Kier molecular flexibility index (Phi) is 14.3. The molecule has 9 nitrogen and oxygen atoms in total. The number of rotatable bonds is 10. The number of hydrogen-bond donors (Lipinski definition) is 3. The van der Waals surface area contributed by atoms with Crippen molar-refractivity contribution in [1.29, 1.82) is 0 Å². The summed E-state index contributed by atoms with van der Waals surface area (Å²) in [6.07, 6.45) is -0.460. The Bertz CT molecular complexity index is 1630. The van der Waals surface area contributed by atoms with Gasteiger partial charge in [0.05, 0.1) is 27.8 Å². The number of ketones is 1. The Hall–Kier alpha value is -4.39. The molecule has 3 rings (SSSR count). The number of hydrogen-bond acceptors (Lipinski definition) is 5. The molecular formula is C35H40Cl2N4O5. The van der Waals surface area contributed by atoms with E-state index in [4.69, 9.17) is 34.5 Å². The third-order valence-corrected chi connectivity index (χ3v) is 7.21. The molecule has 0 aliphatic heterocycles. The van der Waals surface area contributed by atoms with Crippen LogP contribution >= 0.6 is 23.2 Å². The number of anilines is 3. The van der Waals surface area contributed by atoms with E-state index in [1.165, 1.54) is 0 Å². The molecule has 3 amide bonds. The number of aryl methyl sites for hydroxylation is 3. The predicted molar refractivity (Wildman–Crippen MR) is 185 cm³/mol. The topological polar surface area (TPSA) is 118 Å². The number of amides is 3. The van der Waals surface area contributed by atoms with Crippen molar-refractivity contribution in [3.05, 3.63) is 92.8 Å². The van der Waals surface area contributed by atoms with Crippen LogP contribution in [0.15, 0.2) is 54.6 Å². The molecule has 11 heteroatoms. The van der Waals surface area contributed by atoms with E-state index in [-0.39, 0.29) is 30.6 Å². The van der Waals surface area contributed by atoms with Crippen LogP contribution < -0.4 is 20.7 Å². The Labute approximate surface area is 280 Å². The van der Waals surface area contributed by atoms with Gasteiger partial charge >= 0.3 is 5.91 Å². The molecule has 244 valence electrons. The highest BCUT2D eigenvalue weighted by Gasteiger charge is 2.24. The number of nitrogens with one attached hydrogen (secondary N) is 3. The van der Waals surface area contributed by atoms with Crippen molar-refractivity contribution in [2.45, 2.75) is 67.4 Å². The van der Waals surface area contributed by atoms with Gasteiger partial charge in [-0.3, -0.25) is 19.2 Å². The summed E-state index contributed by atoms with van der Waals surface area (Å²) in [7, 11) is 0. The van der Waals surface area contributed by atoms with Crippen molar-refractivity contribution in [1.82, 2.24) is 0 Å². The Balaban J connectivity index is 0.000000438. The second-order valence-electron chi connectivity index (χ2n) is 11.7. The molecule has 0 saturated heterocycles. The normalized spacial score (nSPS) is 11.2. The first-order valence-corrected chi connectivity index (χ1v) is 15.4. The highest BCUT2D eigenvalue weighted by Crippen LogP contribution is 2.27. The minimum absolute atomic E-state index is 0.176. The fraction of sp³-hybridized carbons (Fsp3) is 0.343. The number of benzene rings is 3. The molecule has 3 aromatic carbocycles. The number of Topliss-reactive ketones (excluding diaryl/α,β-unsaturated/α-hetero) is 1. The van der Waals surface area contributed by atoms with Gasteiger partial charge in [0, 0.05) is 11.1 Å². The van der Waals surface area contributed by atoms with Crippen LogP contribution in [0.5, 0.6) is 5.75 Å². The highest BCUT2D eigenvalue weighted by atomic mass is 35.5. The van der Waals surface area contributed by atoms with Gasteiger partial charge in [-0.25, -0.2) is 6.57 Å². The van der Waals surface area contributed by atoms with E-state index >= 15 is 0 Å². The molecule has 0 bridgehead atoms. The van der Waals surface area contributed by atoms with E-state index < -0.39 is 17.4 Å². The summed E-state index contributed by atoms with van der Waals surface area (Å²) < 4.78 is 5.93. The second-order valence-corrected chi connectivity index (χ2v) is 12.5. The molecular weight excluding hydrogens is 627 g/mol. The van der Waals surface area contributed by atoms with Crippen LogP contribution in [0.2, 0.25) is 10.0 Å². The number of nitrogens with zero attached hydrogens (tertiary/aromatic N) is 1. The van der Waals surface area contributed by atoms with E-state index in [1.807, 2.05) is 52.0 Å². The smallest absolute Gasteiger partial charge is 0.304 e. The number of halogens is 2. The molecule has 1 atom stereocenters. The fourth-order valence-electron chi connectivity index (χ4n) is 3.93. The van der Waals surface area contributed by atoms with E-state index in [0.29, 0.717) is 39.3 Å². The SMILES string of the molecule is CCC(Oc1ccc(C)cc1C)C(=O)Nc1ccc(Cl)c(NC(=O)CC(=O)C(C)(C)C)c1.[C-]#[N+]CC(=O)Nc1cc(C)ccc1Cl. The molecule has 0 spiro atoms. The molecule has 0 radical (unpaired) electrons. The number of ether oxygens (including phenoxy) is 1. The molecule has 0 fully saturated rings. The monoisotopic (exact) mass is 666 g/mol. The molecule has 46 heavy (non-hydrogen) atoms. The van der Waals surface area contributed by atoms with Crippen molar-refractivity contribution in [2.24, 2.45) is 5.41 Å². The van der Waals surface area contributed by atoms with Crippen LogP contribution in [0.4, 0.5) is 17.1 Å². The largest absolute Gasteiger partial charge is 0.480 e. The lowest BCUT2D eigenvalue weighted by molar-refractivity contribution is -0.130. The molecule has 0 aliphatic rings. The number of carbonyl (C=O) groups excluding carboxylic acids is 4. The summed E-state index contributed by atoms with van der Waals surface area (Å²) in [5.41, 5.74) is 3.80. The van der Waals surface area contributed by atoms with Gasteiger partial charge in [0.2, 0.25) is 5.91 Å². The van der Waals surface area contributed by atoms with Crippen molar-refractivity contribution in [2.75, 3.05) is 22.5 Å². The van der Waals surface area contributed by atoms with Crippen molar-refractivity contribution in [3.8, 4) is 5.75 Å². The molecule has 0 heterocycles. The van der Waals surface area contributed by atoms with E-state index in [0.717, 1.165) is 16.7 Å². The van der Waals surface area contributed by atoms with Gasteiger partial charge in [-0.05, 0) is 74.7 Å². The standard InChI is InChI=1S/C25H31ClN2O4.C10H9ClN2O/c1-7-20(32-21-11-8-15(2)12-16(21)3)24(31)27-17-9-10-18(26)19(13-17)28-23(30)14-22(29)25(4,5)6;1-7-3-4-8(11)9(5-7)13-10(14)6-12-2/h8-13,20H,7,14H2,1-6H3,(H,27,31)(H,28,30);3-5H,6H2,1H3,(H,13,14). The third-order valence-electron chi connectivity index (χ3n) is 6.55.